The predicted octanol–water partition coefficient (Wildman–Crippen LogP) is 4.92. The van der Waals surface area contributed by atoms with Gasteiger partial charge in [-0.1, -0.05) is 75.7 Å². The average molecular weight is 296 g/mol. The van der Waals surface area contributed by atoms with Gasteiger partial charge in [-0.3, -0.25) is 0 Å². The minimum absolute atomic E-state index is 0.707. The highest BCUT2D eigenvalue weighted by atomic mass is 32.1. The van der Waals surface area contributed by atoms with E-state index in [-0.39, 0.29) is 0 Å². The molecule has 0 amide bonds. The Bertz CT molecular complexity index is 364. The molecule has 106 valence electrons. The summed E-state index contributed by atoms with van der Waals surface area (Å²) >= 11 is 9.67. The van der Waals surface area contributed by atoms with Crippen molar-refractivity contribution < 1.29 is 0 Å². The van der Waals surface area contributed by atoms with Gasteiger partial charge in [0.2, 0.25) is 0 Å². The van der Waals surface area contributed by atoms with Crippen LogP contribution in [-0.4, -0.2) is 15.8 Å². The first-order valence-electron chi connectivity index (χ1n) is 7.19. The molecule has 0 radical (unpaired) electrons. The first-order valence-corrected chi connectivity index (χ1v) is 8.04. The number of benzene rings is 1. The minimum Gasteiger partial charge on any atom is -0.353 e. The molecule has 1 atom stereocenters. The maximum absolute atomic E-state index is 5.29. The van der Waals surface area contributed by atoms with E-state index in [1.807, 2.05) is 6.07 Å². The Morgan fingerprint density at radius 1 is 1.26 bits per heavy atom. The van der Waals surface area contributed by atoms with Gasteiger partial charge in [0.15, 0.2) is 0 Å². The third kappa shape index (κ3) is 6.44. The molecule has 0 fully saturated rings. The monoisotopic (exact) mass is 295 g/mol. The van der Waals surface area contributed by atoms with Crippen molar-refractivity contribution in [3.63, 3.8) is 0 Å². The molecule has 1 nitrogen and oxygen atoms in total. The van der Waals surface area contributed by atoms with Crippen LogP contribution in [0.25, 0.3) is 0 Å². The van der Waals surface area contributed by atoms with Gasteiger partial charge >= 0.3 is 0 Å². The fourth-order valence-electron chi connectivity index (χ4n) is 2.24. The maximum atomic E-state index is 5.29. The van der Waals surface area contributed by atoms with Crippen molar-refractivity contribution in [3.8, 4) is 0 Å². The van der Waals surface area contributed by atoms with Crippen LogP contribution in [0.15, 0.2) is 30.3 Å². The number of hydrogen-bond acceptors (Lipinski definition) is 1. The highest BCUT2D eigenvalue weighted by Crippen LogP contribution is 2.17. The van der Waals surface area contributed by atoms with Gasteiger partial charge in [-0.25, -0.2) is 0 Å². The van der Waals surface area contributed by atoms with Crippen LogP contribution in [0.1, 0.15) is 45.1 Å². The molecular weight excluding hydrogens is 270 g/mol. The van der Waals surface area contributed by atoms with E-state index in [9.17, 15) is 0 Å². The molecule has 0 saturated heterocycles. The van der Waals surface area contributed by atoms with Gasteiger partial charge in [-0.05, 0) is 17.9 Å². The van der Waals surface area contributed by atoms with Crippen molar-refractivity contribution in [2.24, 2.45) is 5.92 Å². The highest BCUT2D eigenvalue weighted by molar-refractivity contribution is 8.10. The topological polar surface area (TPSA) is 3.24 Å². The summed E-state index contributed by atoms with van der Waals surface area (Å²) in [5.74, 6) is 0.716. The molecule has 1 aromatic rings. The van der Waals surface area contributed by atoms with Crippen LogP contribution in [0.3, 0.4) is 0 Å². The lowest BCUT2D eigenvalue weighted by Crippen LogP contribution is -2.31. The number of hydrogen-bond donors (Lipinski definition) is 1. The van der Waals surface area contributed by atoms with Gasteiger partial charge < -0.3 is 4.90 Å². The number of nitrogens with zero attached hydrogens (tertiary/aromatic N) is 1. The zero-order valence-corrected chi connectivity index (χ0v) is 13.7. The lowest BCUT2D eigenvalue weighted by molar-refractivity contribution is 0.315. The summed E-state index contributed by atoms with van der Waals surface area (Å²) < 4.78 is 0.707. The number of thiocarbonyl (C=S) groups is 1. The molecule has 0 spiro atoms. The molecule has 0 aliphatic heterocycles. The van der Waals surface area contributed by atoms with Crippen molar-refractivity contribution in [1.82, 2.24) is 4.90 Å². The smallest absolute Gasteiger partial charge is 0.133 e. The van der Waals surface area contributed by atoms with Crippen LogP contribution >= 0.6 is 24.8 Å². The fraction of sp³-hybridized carbons (Fsp3) is 0.562. The molecule has 19 heavy (non-hydrogen) atoms. The minimum atomic E-state index is 0.707. The van der Waals surface area contributed by atoms with Crippen LogP contribution in [0.5, 0.6) is 0 Å². The van der Waals surface area contributed by atoms with Crippen LogP contribution in [0.4, 0.5) is 0 Å². The van der Waals surface area contributed by atoms with Crippen molar-refractivity contribution >= 4 is 29.2 Å². The molecule has 0 aromatic heterocycles. The second-order valence-electron chi connectivity index (χ2n) is 5.07. The van der Waals surface area contributed by atoms with Gasteiger partial charge in [0.05, 0.1) is 0 Å². The van der Waals surface area contributed by atoms with E-state index >= 15 is 0 Å². The molecule has 1 aromatic carbocycles. The van der Waals surface area contributed by atoms with Gasteiger partial charge in [0, 0.05) is 13.1 Å². The Morgan fingerprint density at radius 3 is 2.47 bits per heavy atom. The Balaban J connectivity index is 2.59. The zero-order chi connectivity index (χ0) is 14.1. The van der Waals surface area contributed by atoms with Gasteiger partial charge in [-0.2, -0.15) is 0 Å². The first-order chi connectivity index (χ1) is 9.17. The number of unbranched alkanes of at least 4 members (excludes halogenated alkanes) is 1. The van der Waals surface area contributed by atoms with E-state index in [0.717, 1.165) is 13.1 Å². The van der Waals surface area contributed by atoms with Crippen molar-refractivity contribution in [2.75, 3.05) is 6.54 Å². The summed E-state index contributed by atoms with van der Waals surface area (Å²) in [4.78, 5) is 2.22. The van der Waals surface area contributed by atoms with E-state index in [1.165, 1.54) is 31.2 Å². The van der Waals surface area contributed by atoms with E-state index in [0.29, 0.717) is 10.2 Å². The summed E-state index contributed by atoms with van der Waals surface area (Å²) in [6.45, 7) is 6.40. The van der Waals surface area contributed by atoms with E-state index < -0.39 is 0 Å². The Morgan fingerprint density at radius 2 is 1.95 bits per heavy atom. The number of rotatable bonds is 8. The predicted molar refractivity (Wildman–Crippen MR) is 91.7 cm³/mol. The molecule has 1 rings (SSSR count). The van der Waals surface area contributed by atoms with Crippen molar-refractivity contribution in [1.29, 1.82) is 0 Å². The first kappa shape index (κ1) is 16.5. The SMILES string of the molecule is CCCCC(CC)CN(Cc1ccccc1)C(=S)S. The third-order valence-electron chi connectivity index (χ3n) is 3.51. The quantitative estimate of drug-likeness (QED) is 0.535. The van der Waals surface area contributed by atoms with Gasteiger partial charge in [-0.15, -0.1) is 12.6 Å². The normalized spacial score (nSPS) is 12.2. The third-order valence-corrected chi connectivity index (χ3v) is 4.05. The second-order valence-corrected chi connectivity index (χ2v) is 6.18. The summed E-state index contributed by atoms with van der Waals surface area (Å²) in [6.07, 6.45) is 5.06. The van der Waals surface area contributed by atoms with E-state index in [4.69, 9.17) is 12.2 Å². The van der Waals surface area contributed by atoms with Crippen molar-refractivity contribution in [3.05, 3.63) is 35.9 Å². The van der Waals surface area contributed by atoms with E-state index in [2.05, 4.69) is 55.6 Å². The summed E-state index contributed by atoms with van der Waals surface area (Å²) in [5, 5.41) is 0. The Labute approximate surface area is 128 Å². The molecule has 3 heteroatoms. The van der Waals surface area contributed by atoms with E-state index in [1.54, 1.807) is 0 Å². The summed E-state index contributed by atoms with van der Waals surface area (Å²) in [5.41, 5.74) is 1.30. The highest BCUT2D eigenvalue weighted by Gasteiger charge is 2.13. The van der Waals surface area contributed by atoms with Crippen molar-refractivity contribution in [2.45, 2.75) is 46.1 Å². The lowest BCUT2D eigenvalue weighted by Gasteiger charge is -2.27. The standard InChI is InChI=1S/C16H25NS2/c1-3-5-9-14(4-2)12-17(16(18)19)13-15-10-7-6-8-11-15/h6-8,10-11,14H,3-5,9,12-13H2,1-2H3,(H,18,19). The molecule has 0 N–H and O–H groups in total. The number of thiol groups is 1. The van der Waals surface area contributed by atoms with Gasteiger partial charge in [0.1, 0.15) is 4.32 Å². The molecule has 0 saturated carbocycles. The molecular formula is C16H25NS2. The molecule has 0 aliphatic rings. The molecule has 0 aliphatic carbocycles. The molecule has 0 heterocycles. The lowest BCUT2D eigenvalue weighted by atomic mass is 9.98. The summed E-state index contributed by atoms with van der Waals surface area (Å²) in [7, 11) is 0. The largest absolute Gasteiger partial charge is 0.353 e. The van der Waals surface area contributed by atoms with Crippen LogP contribution < -0.4 is 0 Å². The Hall–Kier alpha value is -0.540. The fourth-order valence-corrected chi connectivity index (χ4v) is 2.53. The van der Waals surface area contributed by atoms with Gasteiger partial charge in [0.25, 0.3) is 0 Å². The summed E-state index contributed by atoms with van der Waals surface area (Å²) in [6, 6.07) is 10.5. The van der Waals surface area contributed by atoms with Crippen LogP contribution in [0.2, 0.25) is 0 Å². The van der Waals surface area contributed by atoms with Crippen LogP contribution in [-0.2, 0) is 6.54 Å². The van der Waals surface area contributed by atoms with Crippen LogP contribution in [0, 0.1) is 5.92 Å². The molecule has 0 bridgehead atoms. The second kappa shape index (κ2) is 9.38. The average Bonchev–Trinajstić information content (AvgIpc) is 2.43. The maximum Gasteiger partial charge on any atom is 0.133 e. The zero-order valence-electron chi connectivity index (χ0n) is 12.0. The molecule has 1 unspecified atom stereocenters. The Kier molecular flexibility index (Phi) is 8.15.